The van der Waals surface area contributed by atoms with E-state index in [1.165, 1.54) is 18.3 Å². The summed E-state index contributed by atoms with van der Waals surface area (Å²) in [6, 6.07) is 17.1. The van der Waals surface area contributed by atoms with Gasteiger partial charge in [0.05, 0.1) is 0 Å². The minimum atomic E-state index is -0.522. The number of phenolic OH excluding ortho intramolecular Hbond substituents is 1. The Morgan fingerprint density at radius 1 is 1.05 bits per heavy atom. The predicted octanol–water partition coefficient (Wildman–Crippen LogP) is 2.85. The van der Waals surface area contributed by atoms with E-state index >= 15 is 0 Å². The average Bonchev–Trinajstić information content (AvgIpc) is 2.51. The molecule has 0 aliphatic heterocycles. The van der Waals surface area contributed by atoms with E-state index in [0.717, 1.165) is 5.69 Å². The molecular weight excluding hydrogens is 266 g/mol. The van der Waals surface area contributed by atoms with E-state index in [4.69, 9.17) is 5.26 Å². The van der Waals surface area contributed by atoms with Crippen LogP contribution in [0.15, 0.2) is 66.4 Å². The van der Waals surface area contributed by atoms with Gasteiger partial charge in [0.2, 0.25) is 0 Å². The summed E-state index contributed by atoms with van der Waals surface area (Å²) in [4.78, 5) is 11.9. The lowest BCUT2D eigenvalue weighted by molar-refractivity contribution is -0.112. The van der Waals surface area contributed by atoms with Crippen molar-refractivity contribution in [2.45, 2.75) is 0 Å². The van der Waals surface area contributed by atoms with E-state index in [0.29, 0.717) is 5.69 Å². The molecule has 1 amide bonds. The lowest BCUT2D eigenvalue weighted by atomic mass is 10.2. The van der Waals surface area contributed by atoms with Crippen LogP contribution in [0.2, 0.25) is 0 Å². The molecule has 0 radical (unpaired) electrons. The highest BCUT2D eigenvalue weighted by Crippen LogP contribution is 2.14. The molecule has 0 spiro atoms. The van der Waals surface area contributed by atoms with Gasteiger partial charge in [0.1, 0.15) is 17.4 Å². The normalized spacial score (nSPS) is 10.5. The second-order valence-corrected chi connectivity index (χ2v) is 4.18. The number of hydrogen-bond donors (Lipinski definition) is 3. The molecule has 21 heavy (non-hydrogen) atoms. The molecule has 0 heterocycles. The maximum atomic E-state index is 11.9. The Kier molecular flexibility index (Phi) is 4.57. The van der Waals surface area contributed by atoms with Gasteiger partial charge in [-0.25, -0.2) is 0 Å². The largest absolute Gasteiger partial charge is 0.508 e. The Balaban J connectivity index is 2.05. The monoisotopic (exact) mass is 279 g/mol. The fourth-order valence-electron chi connectivity index (χ4n) is 1.58. The SMILES string of the molecule is N#C/C(=C/Nc1ccccc1)C(=O)Nc1ccc(O)cc1. The third-order valence-corrected chi connectivity index (χ3v) is 2.65. The number of hydrogen-bond acceptors (Lipinski definition) is 4. The Bertz CT molecular complexity index is 686. The molecule has 0 aromatic heterocycles. The van der Waals surface area contributed by atoms with E-state index < -0.39 is 5.91 Å². The molecule has 2 rings (SSSR count). The summed E-state index contributed by atoms with van der Waals surface area (Å²) < 4.78 is 0. The zero-order chi connectivity index (χ0) is 15.1. The van der Waals surface area contributed by atoms with Crippen molar-refractivity contribution in [3.8, 4) is 11.8 Å². The number of aromatic hydroxyl groups is 1. The fraction of sp³-hybridized carbons (Fsp3) is 0. The van der Waals surface area contributed by atoms with Gasteiger partial charge in [-0.2, -0.15) is 5.26 Å². The van der Waals surface area contributed by atoms with Crippen LogP contribution in [0, 0.1) is 11.3 Å². The van der Waals surface area contributed by atoms with Crippen molar-refractivity contribution in [3.63, 3.8) is 0 Å². The number of benzene rings is 2. The Labute approximate surface area is 122 Å². The first-order valence-corrected chi connectivity index (χ1v) is 6.21. The molecule has 0 bridgehead atoms. The molecule has 0 aliphatic carbocycles. The van der Waals surface area contributed by atoms with E-state index in [1.807, 2.05) is 36.4 Å². The quantitative estimate of drug-likeness (QED) is 0.456. The highest BCUT2D eigenvalue weighted by molar-refractivity contribution is 6.06. The number of carbonyl (C=O) groups excluding carboxylic acids is 1. The molecule has 0 fully saturated rings. The predicted molar refractivity (Wildman–Crippen MR) is 80.5 cm³/mol. The number of phenols is 1. The summed E-state index contributed by atoms with van der Waals surface area (Å²) in [5, 5.41) is 23.7. The molecule has 3 N–H and O–H groups in total. The minimum absolute atomic E-state index is 0.0491. The van der Waals surface area contributed by atoms with Gasteiger partial charge >= 0.3 is 0 Å². The zero-order valence-corrected chi connectivity index (χ0v) is 11.1. The number of rotatable bonds is 4. The smallest absolute Gasteiger partial charge is 0.267 e. The molecule has 104 valence electrons. The summed E-state index contributed by atoms with van der Waals surface area (Å²) >= 11 is 0. The molecule has 0 atom stereocenters. The standard InChI is InChI=1S/C16H13N3O2/c17-10-12(11-18-13-4-2-1-3-5-13)16(21)19-14-6-8-15(20)9-7-14/h1-9,11,18,20H,(H,19,21)/b12-11-. The molecule has 0 unspecified atom stereocenters. The van der Waals surface area contributed by atoms with Crippen molar-refractivity contribution in [1.29, 1.82) is 5.26 Å². The maximum Gasteiger partial charge on any atom is 0.267 e. The Morgan fingerprint density at radius 3 is 2.33 bits per heavy atom. The van der Waals surface area contributed by atoms with Crippen LogP contribution in [-0.2, 0) is 4.79 Å². The number of nitrogens with one attached hydrogen (secondary N) is 2. The number of nitriles is 1. The summed E-state index contributed by atoms with van der Waals surface area (Å²) in [5.74, 6) is -0.415. The number of anilines is 2. The van der Waals surface area contributed by atoms with Gasteiger partial charge in [-0.15, -0.1) is 0 Å². The Morgan fingerprint density at radius 2 is 1.71 bits per heavy atom. The van der Waals surface area contributed by atoms with Gasteiger partial charge in [-0.1, -0.05) is 18.2 Å². The zero-order valence-electron chi connectivity index (χ0n) is 11.1. The third-order valence-electron chi connectivity index (χ3n) is 2.65. The summed E-state index contributed by atoms with van der Waals surface area (Å²) in [7, 11) is 0. The Hall–Kier alpha value is -3.26. The van der Waals surface area contributed by atoms with Crippen LogP contribution in [0.5, 0.6) is 5.75 Å². The number of carbonyl (C=O) groups is 1. The first kappa shape index (κ1) is 14.2. The molecule has 5 nitrogen and oxygen atoms in total. The van der Waals surface area contributed by atoms with E-state index in [1.54, 1.807) is 12.1 Å². The maximum absolute atomic E-state index is 11.9. The van der Waals surface area contributed by atoms with E-state index in [-0.39, 0.29) is 11.3 Å². The molecule has 0 aliphatic rings. The summed E-state index contributed by atoms with van der Waals surface area (Å²) in [6.07, 6.45) is 1.35. The van der Waals surface area contributed by atoms with Gasteiger partial charge in [-0.3, -0.25) is 4.79 Å². The van der Waals surface area contributed by atoms with Crippen LogP contribution in [-0.4, -0.2) is 11.0 Å². The molecule has 0 saturated heterocycles. The van der Waals surface area contributed by atoms with Crippen molar-refractivity contribution < 1.29 is 9.90 Å². The van der Waals surface area contributed by atoms with Crippen LogP contribution in [0.3, 0.4) is 0 Å². The topological polar surface area (TPSA) is 85.2 Å². The van der Waals surface area contributed by atoms with Gasteiger partial charge in [0.15, 0.2) is 0 Å². The molecule has 5 heteroatoms. The van der Waals surface area contributed by atoms with Crippen LogP contribution in [0.4, 0.5) is 11.4 Å². The molecule has 0 saturated carbocycles. The van der Waals surface area contributed by atoms with Crippen LogP contribution in [0.25, 0.3) is 0 Å². The van der Waals surface area contributed by atoms with Crippen molar-refractivity contribution in [2.75, 3.05) is 10.6 Å². The second-order valence-electron chi connectivity index (χ2n) is 4.18. The van der Waals surface area contributed by atoms with Gasteiger partial charge in [0, 0.05) is 17.6 Å². The van der Waals surface area contributed by atoms with Crippen molar-refractivity contribution in [2.24, 2.45) is 0 Å². The van der Waals surface area contributed by atoms with Crippen molar-refractivity contribution in [1.82, 2.24) is 0 Å². The highest BCUT2D eigenvalue weighted by atomic mass is 16.3. The fourth-order valence-corrected chi connectivity index (χ4v) is 1.58. The third kappa shape index (κ3) is 4.11. The summed E-state index contributed by atoms with van der Waals surface area (Å²) in [6.45, 7) is 0. The van der Waals surface area contributed by atoms with E-state index in [9.17, 15) is 9.90 Å². The first-order chi connectivity index (χ1) is 10.2. The van der Waals surface area contributed by atoms with Crippen LogP contribution >= 0.6 is 0 Å². The minimum Gasteiger partial charge on any atom is -0.508 e. The molecule has 2 aromatic carbocycles. The second kappa shape index (κ2) is 6.78. The summed E-state index contributed by atoms with van der Waals surface area (Å²) in [5.41, 5.74) is 1.23. The lowest BCUT2D eigenvalue weighted by Gasteiger charge is -2.05. The first-order valence-electron chi connectivity index (χ1n) is 6.21. The van der Waals surface area contributed by atoms with Crippen molar-refractivity contribution >= 4 is 17.3 Å². The molecular formula is C16H13N3O2. The average molecular weight is 279 g/mol. The number of para-hydroxylation sites is 1. The van der Waals surface area contributed by atoms with Crippen LogP contribution in [0.1, 0.15) is 0 Å². The van der Waals surface area contributed by atoms with Gasteiger partial charge < -0.3 is 15.7 Å². The number of nitrogens with zero attached hydrogens (tertiary/aromatic N) is 1. The van der Waals surface area contributed by atoms with Crippen molar-refractivity contribution in [3.05, 3.63) is 66.4 Å². The highest BCUT2D eigenvalue weighted by Gasteiger charge is 2.09. The van der Waals surface area contributed by atoms with Gasteiger partial charge in [-0.05, 0) is 36.4 Å². The molecule has 2 aromatic rings. The lowest BCUT2D eigenvalue weighted by Crippen LogP contribution is -2.14. The van der Waals surface area contributed by atoms with Gasteiger partial charge in [0.25, 0.3) is 5.91 Å². The van der Waals surface area contributed by atoms with Crippen LogP contribution < -0.4 is 10.6 Å². The number of amides is 1. The van der Waals surface area contributed by atoms with E-state index in [2.05, 4.69) is 10.6 Å².